The van der Waals surface area contributed by atoms with Gasteiger partial charge in [-0.05, 0) is 13.8 Å². The minimum Gasteiger partial charge on any atom is -0.351 e. The van der Waals surface area contributed by atoms with E-state index in [1.54, 1.807) is 6.07 Å². The van der Waals surface area contributed by atoms with Crippen LogP contribution in [0.4, 0.5) is 0 Å². The lowest BCUT2D eigenvalue weighted by Crippen LogP contribution is -2.52. The van der Waals surface area contributed by atoms with Crippen LogP contribution in [0.1, 0.15) is 23.2 Å². The molecule has 1 aliphatic rings. The highest BCUT2D eigenvalue weighted by atomic mass is 16.5. The van der Waals surface area contributed by atoms with E-state index in [9.17, 15) is 4.79 Å². The molecule has 2 heterocycles. The highest BCUT2D eigenvalue weighted by Crippen LogP contribution is 2.11. The predicted octanol–water partition coefficient (Wildman–Crippen LogP) is 0.417. The summed E-state index contributed by atoms with van der Waals surface area (Å²) >= 11 is 0. The molecule has 2 rings (SSSR count). The molecular formula is C10H15N3O2. The third kappa shape index (κ3) is 2.02. The van der Waals surface area contributed by atoms with Crippen molar-refractivity contribution in [3.63, 3.8) is 0 Å². The van der Waals surface area contributed by atoms with Gasteiger partial charge in [0.05, 0.1) is 5.69 Å². The van der Waals surface area contributed by atoms with Gasteiger partial charge in [-0.2, -0.15) is 0 Å². The zero-order valence-corrected chi connectivity index (χ0v) is 8.99. The molecule has 1 saturated heterocycles. The number of aromatic nitrogens is 1. The molecule has 15 heavy (non-hydrogen) atoms. The van der Waals surface area contributed by atoms with Gasteiger partial charge in [-0.1, -0.05) is 5.16 Å². The number of hydrogen-bond donors (Lipinski definition) is 1. The first-order chi connectivity index (χ1) is 7.18. The van der Waals surface area contributed by atoms with Gasteiger partial charge in [-0.25, -0.2) is 0 Å². The lowest BCUT2D eigenvalue weighted by atomic mass is 10.2. The van der Waals surface area contributed by atoms with Crippen LogP contribution in [0.3, 0.4) is 0 Å². The Bertz CT molecular complexity index is 361. The third-order valence-corrected chi connectivity index (χ3v) is 2.60. The van der Waals surface area contributed by atoms with Crippen molar-refractivity contribution >= 4 is 5.91 Å². The lowest BCUT2D eigenvalue weighted by molar-refractivity contribution is 0.0613. The van der Waals surface area contributed by atoms with E-state index >= 15 is 0 Å². The van der Waals surface area contributed by atoms with E-state index in [4.69, 9.17) is 4.52 Å². The number of piperazine rings is 1. The second-order valence-electron chi connectivity index (χ2n) is 3.88. The average molecular weight is 209 g/mol. The molecule has 1 amide bonds. The van der Waals surface area contributed by atoms with Crippen LogP contribution in [0, 0.1) is 6.92 Å². The van der Waals surface area contributed by atoms with E-state index in [1.165, 1.54) is 0 Å². The van der Waals surface area contributed by atoms with Crippen LogP contribution in [-0.4, -0.2) is 41.6 Å². The number of carbonyl (C=O) groups excluding carboxylic acids is 1. The normalized spacial score (nSPS) is 21.7. The highest BCUT2D eigenvalue weighted by Gasteiger charge is 2.26. The molecule has 82 valence electrons. The Morgan fingerprint density at radius 1 is 1.73 bits per heavy atom. The van der Waals surface area contributed by atoms with Crippen molar-refractivity contribution < 1.29 is 9.32 Å². The third-order valence-electron chi connectivity index (χ3n) is 2.60. The summed E-state index contributed by atoms with van der Waals surface area (Å²) in [7, 11) is 0. The number of amides is 1. The number of hydrogen-bond acceptors (Lipinski definition) is 4. The topological polar surface area (TPSA) is 58.4 Å². The van der Waals surface area contributed by atoms with Crippen LogP contribution in [0.2, 0.25) is 0 Å². The maximum absolute atomic E-state index is 12.0. The van der Waals surface area contributed by atoms with Crippen molar-refractivity contribution in [2.24, 2.45) is 0 Å². The summed E-state index contributed by atoms with van der Waals surface area (Å²) in [5, 5.41) is 6.96. The zero-order chi connectivity index (χ0) is 10.8. The van der Waals surface area contributed by atoms with Crippen molar-refractivity contribution in [3.05, 3.63) is 17.5 Å². The van der Waals surface area contributed by atoms with E-state index in [2.05, 4.69) is 10.5 Å². The summed E-state index contributed by atoms with van der Waals surface area (Å²) in [4.78, 5) is 13.8. The summed E-state index contributed by atoms with van der Waals surface area (Å²) in [6.45, 7) is 6.22. The van der Waals surface area contributed by atoms with Crippen LogP contribution in [0.15, 0.2) is 10.6 Å². The number of nitrogens with zero attached hydrogens (tertiary/aromatic N) is 2. The van der Waals surface area contributed by atoms with E-state index < -0.39 is 0 Å². The maximum Gasteiger partial charge on any atom is 0.292 e. The van der Waals surface area contributed by atoms with Gasteiger partial charge in [0, 0.05) is 31.7 Å². The van der Waals surface area contributed by atoms with Crippen LogP contribution in [-0.2, 0) is 0 Å². The number of nitrogens with one attached hydrogen (secondary N) is 1. The highest BCUT2D eigenvalue weighted by molar-refractivity contribution is 5.91. The molecule has 0 aromatic carbocycles. The molecule has 1 fully saturated rings. The molecule has 5 nitrogen and oxygen atoms in total. The van der Waals surface area contributed by atoms with E-state index in [0.717, 1.165) is 25.3 Å². The molecule has 0 spiro atoms. The first-order valence-electron chi connectivity index (χ1n) is 5.13. The summed E-state index contributed by atoms with van der Waals surface area (Å²) in [5.74, 6) is 0.269. The molecule has 1 atom stereocenters. The summed E-state index contributed by atoms with van der Waals surface area (Å²) in [6.07, 6.45) is 0. The quantitative estimate of drug-likeness (QED) is 0.728. The second-order valence-corrected chi connectivity index (χ2v) is 3.88. The molecule has 0 saturated carbocycles. The minimum atomic E-state index is -0.0652. The summed E-state index contributed by atoms with van der Waals surface area (Å²) in [6, 6.07) is 1.88. The zero-order valence-electron chi connectivity index (χ0n) is 8.99. The molecule has 0 aliphatic carbocycles. The molecule has 1 unspecified atom stereocenters. The molecule has 0 radical (unpaired) electrons. The number of rotatable bonds is 1. The van der Waals surface area contributed by atoms with Crippen LogP contribution in [0.25, 0.3) is 0 Å². The van der Waals surface area contributed by atoms with Gasteiger partial charge in [-0.3, -0.25) is 4.79 Å². The average Bonchev–Trinajstić information content (AvgIpc) is 2.65. The van der Waals surface area contributed by atoms with Gasteiger partial charge in [0.15, 0.2) is 0 Å². The smallest absolute Gasteiger partial charge is 0.292 e. The van der Waals surface area contributed by atoms with Gasteiger partial charge in [0.25, 0.3) is 5.91 Å². The number of carbonyl (C=O) groups is 1. The Morgan fingerprint density at radius 3 is 3.13 bits per heavy atom. The Morgan fingerprint density at radius 2 is 2.53 bits per heavy atom. The fourth-order valence-corrected chi connectivity index (χ4v) is 1.75. The van der Waals surface area contributed by atoms with Gasteiger partial charge in [0.2, 0.25) is 5.76 Å². The molecular weight excluding hydrogens is 194 g/mol. The largest absolute Gasteiger partial charge is 0.351 e. The molecule has 1 aliphatic heterocycles. The lowest BCUT2D eigenvalue weighted by Gasteiger charge is -2.33. The minimum absolute atomic E-state index is 0.0652. The number of aryl methyl sites for hydroxylation is 1. The van der Waals surface area contributed by atoms with Crippen LogP contribution >= 0.6 is 0 Å². The summed E-state index contributed by atoms with van der Waals surface area (Å²) < 4.78 is 4.97. The monoisotopic (exact) mass is 209 g/mol. The van der Waals surface area contributed by atoms with E-state index in [1.807, 2.05) is 18.7 Å². The molecule has 5 heteroatoms. The summed E-state index contributed by atoms with van der Waals surface area (Å²) in [5.41, 5.74) is 0.737. The van der Waals surface area contributed by atoms with Crippen molar-refractivity contribution in [1.29, 1.82) is 0 Å². The van der Waals surface area contributed by atoms with Gasteiger partial charge in [0.1, 0.15) is 0 Å². The fourth-order valence-electron chi connectivity index (χ4n) is 1.75. The predicted molar refractivity (Wildman–Crippen MR) is 54.6 cm³/mol. The van der Waals surface area contributed by atoms with Crippen molar-refractivity contribution in [2.75, 3.05) is 19.6 Å². The first kappa shape index (κ1) is 10.2. The Hall–Kier alpha value is -1.36. The maximum atomic E-state index is 12.0. The van der Waals surface area contributed by atoms with Crippen molar-refractivity contribution in [3.8, 4) is 0 Å². The molecule has 0 bridgehead atoms. The standard InChI is InChI=1S/C10H15N3O2/c1-7-5-9(15-12-7)10(14)13-4-3-11-6-8(13)2/h5,8,11H,3-4,6H2,1-2H3. The molecule has 1 aromatic rings. The SMILES string of the molecule is Cc1cc(C(=O)N2CCNCC2C)on1. The second kappa shape index (κ2) is 4.02. The van der Waals surface area contributed by atoms with Crippen molar-refractivity contribution in [2.45, 2.75) is 19.9 Å². The van der Waals surface area contributed by atoms with E-state index in [0.29, 0.717) is 5.76 Å². The Kier molecular flexibility index (Phi) is 2.73. The Labute approximate surface area is 88.4 Å². The van der Waals surface area contributed by atoms with E-state index in [-0.39, 0.29) is 11.9 Å². The molecule has 1 N–H and O–H groups in total. The van der Waals surface area contributed by atoms with Crippen LogP contribution in [0.5, 0.6) is 0 Å². The van der Waals surface area contributed by atoms with Crippen LogP contribution < -0.4 is 5.32 Å². The molecule has 1 aromatic heterocycles. The van der Waals surface area contributed by atoms with Gasteiger partial charge in [-0.15, -0.1) is 0 Å². The Balaban J connectivity index is 2.13. The van der Waals surface area contributed by atoms with Gasteiger partial charge < -0.3 is 14.7 Å². The fraction of sp³-hybridized carbons (Fsp3) is 0.600. The first-order valence-corrected chi connectivity index (χ1v) is 5.13. The van der Waals surface area contributed by atoms with Crippen molar-refractivity contribution in [1.82, 2.24) is 15.4 Å². The van der Waals surface area contributed by atoms with Gasteiger partial charge >= 0.3 is 0 Å².